The third kappa shape index (κ3) is 3.69. The van der Waals surface area contributed by atoms with Crippen molar-refractivity contribution < 1.29 is 4.42 Å². The van der Waals surface area contributed by atoms with Gasteiger partial charge >= 0.3 is 0 Å². The van der Waals surface area contributed by atoms with Gasteiger partial charge in [0.15, 0.2) is 0 Å². The van der Waals surface area contributed by atoms with E-state index in [-0.39, 0.29) is 5.56 Å². The lowest BCUT2D eigenvalue weighted by Crippen LogP contribution is -2.29. The number of furan rings is 1. The van der Waals surface area contributed by atoms with Crippen LogP contribution in [0, 0.1) is 0 Å². The summed E-state index contributed by atoms with van der Waals surface area (Å²) in [6.07, 6.45) is 5.03. The van der Waals surface area contributed by atoms with E-state index in [0.29, 0.717) is 13.1 Å². The van der Waals surface area contributed by atoms with Gasteiger partial charge in [0.1, 0.15) is 0 Å². The molecular formula is C13H18N4O2. The molecule has 0 aliphatic rings. The van der Waals surface area contributed by atoms with Crippen LogP contribution in [-0.2, 0) is 13.1 Å². The fourth-order valence-electron chi connectivity index (χ4n) is 1.65. The van der Waals surface area contributed by atoms with Gasteiger partial charge in [0.05, 0.1) is 31.0 Å². The largest absolute Gasteiger partial charge is 0.472 e. The average Bonchev–Trinajstić information content (AvgIpc) is 2.89. The quantitative estimate of drug-likeness (QED) is 0.776. The van der Waals surface area contributed by atoms with Crippen molar-refractivity contribution in [1.82, 2.24) is 15.1 Å². The lowest BCUT2D eigenvalue weighted by atomic mass is 10.3. The van der Waals surface area contributed by atoms with E-state index in [0.717, 1.165) is 17.8 Å². The fraction of sp³-hybridized carbons (Fsp3) is 0.385. The molecular weight excluding hydrogens is 244 g/mol. The maximum Gasteiger partial charge on any atom is 0.268 e. The molecule has 0 amide bonds. The van der Waals surface area contributed by atoms with Crippen LogP contribution in [0.1, 0.15) is 5.56 Å². The Balaban J connectivity index is 1.84. The first kappa shape index (κ1) is 13.4. The van der Waals surface area contributed by atoms with Gasteiger partial charge in [0.25, 0.3) is 5.56 Å². The minimum Gasteiger partial charge on any atom is -0.472 e. The van der Waals surface area contributed by atoms with E-state index in [1.54, 1.807) is 24.8 Å². The summed E-state index contributed by atoms with van der Waals surface area (Å²) in [5, 5.41) is 7.37. The fourth-order valence-corrected chi connectivity index (χ4v) is 1.65. The van der Waals surface area contributed by atoms with Crippen LogP contribution >= 0.6 is 0 Å². The molecule has 102 valence electrons. The minimum absolute atomic E-state index is 0.0867. The van der Waals surface area contributed by atoms with E-state index >= 15 is 0 Å². The first-order valence-electron chi connectivity index (χ1n) is 6.13. The van der Waals surface area contributed by atoms with Gasteiger partial charge in [-0.3, -0.25) is 4.79 Å². The maximum atomic E-state index is 11.8. The van der Waals surface area contributed by atoms with E-state index in [9.17, 15) is 4.79 Å². The molecule has 2 heterocycles. The predicted octanol–water partition coefficient (Wildman–Crippen LogP) is 0.692. The van der Waals surface area contributed by atoms with Crippen LogP contribution in [0.5, 0.6) is 0 Å². The lowest BCUT2D eigenvalue weighted by Gasteiger charge is -2.12. The van der Waals surface area contributed by atoms with Gasteiger partial charge in [-0.05, 0) is 6.07 Å². The highest BCUT2D eigenvalue weighted by Crippen LogP contribution is 2.03. The highest BCUT2D eigenvalue weighted by atomic mass is 16.3. The number of hydrogen-bond acceptors (Lipinski definition) is 5. The summed E-state index contributed by atoms with van der Waals surface area (Å²) in [5.74, 6) is 0. The van der Waals surface area contributed by atoms with Crippen molar-refractivity contribution in [3.05, 3.63) is 46.8 Å². The molecule has 0 aromatic carbocycles. The molecule has 0 bridgehead atoms. The first-order chi connectivity index (χ1) is 9.16. The molecule has 19 heavy (non-hydrogen) atoms. The average molecular weight is 262 g/mol. The van der Waals surface area contributed by atoms with E-state index in [1.807, 2.05) is 25.1 Å². The minimum atomic E-state index is -0.0867. The number of hydrogen-bond donors (Lipinski definition) is 1. The molecule has 2 aromatic heterocycles. The molecule has 2 rings (SSSR count). The molecule has 0 aliphatic carbocycles. The highest BCUT2D eigenvalue weighted by molar-refractivity contribution is 5.40. The topological polar surface area (TPSA) is 63.3 Å². The Labute approximate surface area is 111 Å². The van der Waals surface area contributed by atoms with Crippen molar-refractivity contribution in [2.24, 2.45) is 0 Å². The maximum absolute atomic E-state index is 11.8. The van der Waals surface area contributed by atoms with E-state index in [2.05, 4.69) is 10.4 Å². The second-order valence-corrected chi connectivity index (χ2v) is 4.48. The molecule has 0 atom stereocenters. The molecule has 0 saturated heterocycles. The standard InChI is InChI=1S/C13H18N4O2/c1-16(2)12-7-13(18)17(15-9-12)5-4-14-8-11-3-6-19-10-11/h3,6-7,9-10,14H,4-5,8H2,1-2H3. The molecule has 6 nitrogen and oxygen atoms in total. The summed E-state index contributed by atoms with van der Waals surface area (Å²) in [7, 11) is 3.76. The van der Waals surface area contributed by atoms with Crippen molar-refractivity contribution in [3.63, 3.8) is 0 Å². The molecule has 0 saturated carbocycles. The molecule has 2 aromatic rings. The van der Waals surface area contributed by atoms with Gasteiger partial charge in [0.2, 0.25) is 0 Å². The van der Waals surface area contributed by atoms with Gasteiger partial charge in [0, 0.05) is 38.8 Å². The zero-order valence-corrected chi connectivity index (χ0v) is 11.2. The van der Waals surface area contributed by atoms with E-state index < -0.39 is 0 Å². The zero-order valence-electron chi connectivity index (χ0n) is 11.2. The summed E-state index contributed by atoms with van der Waals surface area (Å²) in [6.45, 7) is 1.95. The van der Waals surface area contributed by atoms with Crippen LogP contribution in [-0.4, -0.2) is 30.4 Å². The number of nitrogens with one attached hydrogen (secondary N) is 1. The Bertz CT molecular complexity index is 560. The lowest BCUT2D eigenvalue weighted by molar-refractivity contribution is 0.526. The number of rotatable bonds is 6. The molecule has 0 aliphatic heterocycles. The summed E-state index contributed by atoms with van der Waals surface area (Å²) in [6, 6.07) is 3.49. The number of nitrogens with zero attached hydrogens (tertiary/aromatic N) is 3. The summed E-state index contributed by atoms with van der Waals surface area (Å²) in [5.41, 5.74) is 1.81. The normalized spacial score (nSPS) is 10.6. The van der Waals surface area contributed by atoms with Crippen molar-refractivity contribution >= 4 is 5.69 Å². The number of aromatic nitrogens is 2. The van der Waals surface area contributed by atoms with Crippen LogP contribution in [0.4, 0.5) is 5.69 Å². The Hall–Kier alpha value is -2.08. The Morgan fingerprint density at radius 1 is 1.47 bits per heavy atom. The van der Waals surface area contributed by atoms with Gasteiger partial charge in [-0.1, -0.05) is 0 Å². The van der Waals surface area contributed by atoms with Crippen molar-refractivity contribution in [1.29, 1.82) is 0 Å². The van der Waals surface area contributed by atoms with Crippen molar-refractivity contribution in [2.45, 2.75) is 13.1 Å². The van der Waals surface area contributed by atoms with E-state index in [4.69, 9.17) is 4.42 Å². The van der Waals surface area contributed by atoms with Gasteiger partial charge < -0.3 is 14.6 Å². The molecule has 0 spiro atoms. The smallest absolute Gasteiger partial charge is 0.268 e. The Morgan fingerprint density at radius 2 is 2.32 bits per heavy atom. The Morgan fingerprint density at radius 3 is 2.95 bits per heavy atom. The monoisotopic (exact) mass is 262 g/mol. The molecule has 6 heteroatoms. The third-order valence-corrected chi connectivity index (χ3v) is 2.78. The van der Waals surface area contributed by atoms with Crippen LogP contribution < -0.4 is 15.8 Å². The van der Waals surface area contributed by atoms with Crippen molar-refractivity contribution in [2.75, 3.05) is 25.5 Å². The third-order valence-electron chi connectivity index (χ3n) is 2.78. The second-order valence-electron chi connectivity index (χ2n) is 4.48. The van der Waals surface area contributed by atoms with Crippen LogP contribution in [0.25, 0.3) is 0 Å². The van der Waals surface area contributed by atoms with Gasteiger partial charge in [-0.25, -0.2) is 4.68 Å². The summed E-state index contributed by atoms with van der Waals surface area (Å²) >= 11 is 0. The van der Waals surface area contributed by atoms with E-state index in [1.165, 1.54) is 4.68 Å². The van der Waals surface area contributed by atoms with Crippen LogP contribution in [0.15, 0.2) is 40.1 Å². The van der Waals surface area contributed by atoms with Crippen LogP contribution in [0.3, 0.4) is 0 Å². The summed E-state index contributed by atoms with van der Waals surface area (Å²) in [4.78, 5) is 13.7. The summed E-state index contributed by atoms with van der Waals surface area (Å²) < 4.78 is 6.43. The van der Waals surface area contributed by atoms with Crippen molar-refractivity contribution in [3.8, 4) is 0 Å². The zero-order chi connectivity index (χ0) is 13.7. The molecule has 0 unspecified atom stereocenters. The first-order valence-corrected chi connectivity index (χ1v) is 6.13. The highest BCUT2D eigenvalue weighted by Gasteiger charge is 2.01. The molecule has 0 radical (unpaired) electrons. The Kier molecular flexibility index (Phi) is 4.35. The van der Waals surface area contributed by atoms with Crippen LogP contribution in [0.2, 0.25) is 0 Å². The SMILES string of the molecule is CN(C)c1cnn(CCNCc2ccoc2)c(=O)c1. The number of anilines is 1. The predicted molar refractivity (Wildman–Crippen MR) is 73.2 cm³/mol. The molecule has 1 N–H and O–H groups in total. The second kappa shape index (κ2) is 6.19. The van der Waals surface area contributed by atoms with Gasteiger partial charge in [-0.2, -0.15) is 5.10 Å². The van der Waals surface area contributed by atoms with Gasteiger partial charge in [-0.15, -0.1) is 0 Å². The molecule has 0 fully saturated rings.